The molecule has 2 N–H and O–H groups in total. The maximum Gasteiger partial charge on any atom is 0.307 e. The fraction of sp³-hybridized carbons (Fsp3) is 0.500. The van der Waals surface area contributed by atoms with Gasteiger partial charge in [-0.1, -0.05) is 12.1 Å². The highest BCUT2D eigenvalue weighted by molar-refractivity contribution is 5.92. The minimum absolute atomic E-state index is 0.0201. The molecule has 124 valence electrons. The van der Waals surface area contributed by atoms with Crippen LogP contribution in [0.5, 0.6) is 0 Å². The van der Waals surface area contributed by atoms with E-state index in [0.717, 1.165) is 0 Å². The van der Waals surface area contributed by atoms with Crippen molar-refractivity contribution < 1.29 is 19.1 Å². The number of aliphatic hydroxyl groups excluding tert-OH is 1. The highest BCUT2D eigenvalue weighted by atomic mass is 16.5. The Hall–Kier alpha value is -1.96. The molecule has 2 heterocycles. The molecular weight excluding hydrogens is 298 g/mol. The zero-order chi connectivity index (χ0) is 16.4. The molecule has 3 rings (SSSR count). The molecule has 1 aliphatic heterocycles. The van der Waals surface area contributed by atoms with Gasteiger partial charge in [-0.3, -0.25) is 9.69 Å². The van der Waals surface area contributed by atoms with Crippen molar-refractivity contribution in [1.82, 2.24) is 15.2 Å². The van der Waals surface area contributed by atoms with E-state index in [4.69, 9.17) is 9.15 Å². The lowest BCUT2D eigenvalue weighted by Gasteiger charge is -2.47. The van der Waals surface area contributed by atoms with E-state index in [-0.39, 0.29) is 25.1 Å². The molecular formula is C16H21N3O4. The predicted molar refractivity (Wildman–Crippen MR) is 84.2 cm³/mol. The molecule has 1 aromatic carbocycles. The van der Waals surface area contributed by atoms with E-state index in [1.165, 1.54) is 0 Å². The predicted octanol–water partition coefficient (Wildman–Crippen LogP) is 0.639. The second-order valence-corrected chi connectivity index (χ2v) is 6.03. The van der Waals surface area contributed by atoms with Gasteiger partial charge in [-0.05, 0) is 26.1 Å². The third-order valence-corrected chi connectivity index (χ3v) is 4.50. The van der Waals surface area contributed by atoms with Gasteiger partial charge in [0.1, 0.15) is 5.52 Å². The summed E-state index contributed by atoms with van der Waals surface area (Å²) in [5, 5.41) is 12.6. The SMILES string of the molecule is C[C@@H]1COC[C@@](CO)(CNC(=O)c2nc3ccccc3o2)N1C. The Balaban J connectivity index is 1.72. The lowest BCUT2D eigenvalue weighted by molar-refractivity contribution is -0.105. The van der Waals surface area contributed by atoms with Crippen LogP contribution in [-0.2, 0) is 4.74 Å². The largest absolute Gasteiger partial charge is 0.432 e. The molecule has 7 nitrogen and oxygen atoms in total. The summed E-state index contributed by atoms with van der Waals surface area (Å²) in [5.74, 6) is -0.382. The van der Waals surface area contributed by atoms with Crippen LogP contribution in [0.1, 0.15) is 17.6 Å². The van der Waals surface area contributed by atoms with Gasteiger partial charge >= 0.3 is 5.91 Å². The number of aliphatic hydroxyl groups is 1. The molecule has 0 unspecified atom stereocenters. The van der Waals surface area contributed by atoms with Gasteiger partial charge in [-0.25, -0.2) is 4.98 Å². The molecule has 2 aromatic rings. The Morgan fingerprint density at radius 3 is 3.04 bits per heavy atom. The number of para-hydroxylation sites is 2. The molecule has 0 saturated carbocycles. The van der Waals surface area contributed by atoms with Gasteiger partial charge in [0, 0.05) is 12.6 Å². The van der Waals surface area contributed by atoms with E-state index < -0.39 is 11.4 Å². The van der Waals surface area contributed by atoms with Crippen molar-refractivity contribution in [3.8, 4) is 0 Å². The number of rotatable bonds is 4. The number of fused-ring (bicyclic) bond motifs is 1. The number of hydrogen-bond donors (Lipinski definition) is 2. The Morgan fingerprint density at radius 2 is 2.30 bits per heavy atom. The maximum atomic E-state index is 12.3. The molecule has 0 bridgehead atoms. The Morgan fingerprint density at radius 1 is 1.52 bits per heavy atom. The second-order valence-electron chi connectivity index (χ2n) is 6.03. The van der Waals surface area contributed by atoms with Crippen LogP contribution in [0.3, 0.4) is 0 Å². The molecule has 1 aliphatic rings. The third kappa shape index (κ3) is 2.95. The average Bonchev–Trinajstić information content (AvgIpc) is 3.00. The zero-order valence-electron chi connectivity index (χ0n) is 13.3. The molecule has 1 fully saturated rings. The number of aromatic nitrogens is 1. The van der Waals surface area contributed by atoms with Crippen molar-refractivity contribution in [1.29, 1.82) is 0 Å². The molecule has 0 aliphatic carbocycles. The molecule has 0 radical (unpaired) electrons. The van der Waals surface area contributed by atoms with Gasteiger partial charge in [-0.15, -0.1) is 0 Å². The third-order valence-electron chi connectivity index (χ3n) is 4.50. The summed E-state index contributed by atoms with van der Waals surface area (Å²) < 4.78 is 11.0. The molecule has 1 saturated heterocycles. The number of oxazole rings is 1. The highest BCUT2D eigenvalue weighted by Crippen LogP contribution is 2.22. The fourth-order valence-corrected chi connectivity index (χ4v) is 2.78. The number of nitrogens with one attached hydrogen (secondary N) is 1. The minimum atomic E-state index is -0.640. The van der Waals surface area contributed by atoms with Gasteiger partial charge < -0.3 is 19.6 Å². The van der Waals surface area contributed by atoms with Crippen molar-refractivity contribution in [2.24, 2.45) is 0 Å². The first-order valence-electron chi connectivity index (χ1n) is 7.61. The second kappa shape index (κ2) is 6.27. The molecule has 7 heteroatoms. The van der Waals surface area contributed by atoms with E-state index >= 15 is 0 Å². The number of likely N-dealkylation sites (N-methyl/N-ethyl adjacent to an activating group) is 1. The van der Waals surface area contributed by atoms with Gasteiger partial charge in [-0.2, -0.15) is 0 Å². The van der Waals surface area contributed by atoms with Gasteiger partial charge in [0.25, 0.3) is 5.89 Å². The number of morpholine rings is 1. The Bertz CT molecular complexity index is 668. The van der Waals surface area contributed by atoms with Crippen molar-refractivity contribution in [2.45, 2.75) is 18.5 Å². The van der Waals surface area contributed by atoms with Gasteiger partial charge in [0.05, 0.1) is 25.4 Å². The topological polar surface area (TPSA) is 87.8 Å². The molecule has 23 heavy (non-hydrogen) atoms. The minimum Gasteiger partial charge on any atom is -0.432 e. The lowest BCUT2D eigenvalue weighted by atomic mass is 9.96. The van der Waals surface area contributed by atoms with E-state index in [1.54, 1.807) is 12.1 Å². The summed E-state index contributed by atoms with van der Waals surface area (Å²) in [6.07, 6.45) is 0. The lowest BCUT2D eigenvalue weighted by Crippen LogP contribution is -2.65. The summed E-state index contributed by atoms with van der Waals surface area (Å²) in [5.41, 5.74) is 0.571. The first kappa shape index (κ1) is 15.9. The fourth-order valence-electron chi connectivity index (χ4n) is 2.78. The van der Waals surface area contributed by atoms with Gasteiger partial charge in [0.2, 0.25) is 0 Å². The molecule has 2 atom stereocenters. The number of carbonyl (C=O) groups excluding carboxylic acids is 1. The van der Waals surface area contributed by atoms with Crippen LogP contribution in [0.2, 0.25) is 0 Å². The first-order valence-corrected chi connectivity index (χ1v) is 7.61. The van der Waals surface area contributed by atoms with Crippen LogP contribution in [0, 0.1) is 0 Å². The van der Waals surface area contributed by atoms with Gasteiger partial charge in [0.15, 0.2) is 5.58 Å². The number of benzene rings is 1. The molecule has 1 aromatic heterocycles. The van der Waals surface area contributed by atoms with Crippen molar-refractivity contribution in [2.75, 3.05) is 33.4 Å². The van der Waals surface area contributed by atoms with Crippen molar-refractivity contribution in [3.05, 3.63) is 30.2 Å². The summed E-state index contributed by atoms with van der Waals surface area (Å²) in [6.45, 7) is 3.13. The quantitative estimate of drug-likeness (QED) is 0.860. The summed E-state index contributed by atoms with van der Waals surface area (Å²) in [4.78, 5) is 18.5. The van der Waals surface area contributed by atoms with Crippen LogP contribution in [-0.4, -0.2) is 65.9 Å². The molecule has 1 amide bonds. The van der Waals surface area contributed by atoms with Crippen molar-refractivity contribution >= 4 is 17.0 Å². The van der Waals surface area contributed by atoms with E-state index in [1.807, 2.05) is 31.0 Å². The number of nitrogens with zero attached hydrogens (tertiary/aromatic N) is 2. The maximum absolute atomic E-state index is 12.3. The van der Waals surface area contributed by atoms with Crippen LogP contribution in [0.25, 0.3) is 11.1 Å². The number of hydrogen-bond acceptors (Lipinski definition) is 6. The number of carbonyl (C=O) groups is 1. The summed E-state index contributed by atoms with van der Waals surface area (Å²) in [7, 11) is 1.93. The van der Waals surface area contributed by atoms with E-state index in [2.05, 4.69) is 10.3 Å². The number of amides is 1. The Kier molecular flexibility index (Phi) is 4.34. The normalized spacial score (nSPS) is 25.6. The van der Waals surface area contributed by atoms with Crippen molar-refractivity contribution in [3.63, 3.8) is 0 Å². The standard InChI is InChI=1S/C16H21N3O4/c1-11-7-22-10-16(9-20,19(11)2)8-17-14(21)15-18-12-5-3-4-6-13(12)23-15/h3-6,11,20H,7-10H2,1-2H3,(H,17,21)/t11-,16+/m1/s1. The van der Waals surface area contributed by atoms with Crippen LogP contribution >= 0.6 is 0 Å². The molecule has 0 spiro atoms. The monoisotopic (exact) mass is 319 g/mol. The first-order chi connectivity index (χ1) is 11.1. The summed E-state index contributed by atoms with van der Waals surface area (Å²) in [6, 6.07) is 7.38. The smallest absolute Gasteiger partial charge is 0.307 e. The Labute approximate surface area is 134 Å². The average molecular weight is 319 g/mol. The van der Waals surface area contributed by atoms with Crippen LogP contribution in [0.15, 0.2) is 28.7 Å². The van der Waals surface area contributed by atoms with E-state index in [9.17, 15) is 9.90 Å². The zero-order valence-corrected chi connectivity index (χ0v) is 13.3. The highest BCUT2D eigenvalue weighted by Gasteiger charge is 2.40. The van der Waals surface area contributed by atoms with E-state index in [0.29, 0.717) is 24.3 Å². The number of ether oxygens (including phenoxy) is 1. The van der Waals surface area contributed by atoms with Crippen LogP contribution < -0.4 is 5.32 Å². The van der Waals surface area contributed by atoms with Crippen LogP contribution in [0.4, 0.5) is 0 Å². The summed E-state index contributed by atoms with van der Waals surface area (Å²) >= 11 is 0.